The van der Waals surface area contributed by atoms with Gasteiger partial charge in [0.05, 0.1) is 6.42 Å². The highest BCUT2D eigenvalue weighted by atomic mass is 19.1. The van der Waals surface area contributed by atoms with E-state index in [-0.39, 0.29) is 18.1 Å². The molecule has 102 valence electrons. The fourth-order valence-electron chi connectivity index (χ4n) is 2.16. The monoisotopic (exact) mass is 266 g/mol. The lowest BCUT2D eigenvalue weighted by Gasteiger charge is -2.34. The second-order valence-electron chi connectivity index (χ2n) is 4.50. The van der Waals surface area contributed by atoms with E-state index in [4.69, 9.17) is 5.11 Å². The summed E-state index contributed by atoms with van der Waals surface area (Å²) in [6.45, 7) is 1.52. The van der Waals surface area contributed by atoms with Gasteiger partial charge in [-0.15, -0.1) is 0 Å². The Bertz CT molecular complexity index is 475. The van der Waals surface area contributed by atoms with Crippen LogP contribution in [0.5, 0.6) is 0 Å². The molecular weight excluding hydrogens is 251 g/mol. The number of amides is 1. The molecule has 19 heavy (non-hydrogen) atoms. The first-order chi connectivity index (χ1) is 9.06. The first-order valence-corrected chi connectivity index (χ1v) is 6.04. The number of nitrogens with one attached hydrogen (secondary N) is 1. The van der Waals surface area contributed by atoms with E-state index in [1.165, 1.54) is 12.1 Å². The molecule has 0 unspecified atom stereocenters. The number of hydrogen-bond donors (Lipinski definition) is 2. The smallest absolute Gasteiger partial charge is 0.305 e. The van der Waals surface area contributed by atoms with E-state index in [1.54, 1.807) is 17.0 Å². The van der Waals surface area contributed by atoms with Crippen LogP contribution in [0.4, 0.5) is 4.39 Å². The zero-order valence-corrected chi connectivity index (χ0v) is 10.3. The standard InChI is InChI=1S/C13H15FN2O3/c14-10-3-1-9(2-4-10)8-16-6-5-15-13(19)11(16)7-12(17)18/h1-4,11H,5-8H2,(H,15,19)(H,17,18)/t11-/m1/s1. The molecule has 2 rings (SSSR count). The van der Waals surface area contributed by atoms with Crippen molar-refractivity contribution in [2.45, 2.75) is 19.0 Å². The molecule has 5 nitrogen and oxygen atoms in total. The van der Waals surface area contributed by atoms with Crippen molar-refractivity contribution in [2.75, 3.05) is 13.1 Å². The molecule has 0 aromatic heterocycles. The average Bonchev–Trinajstić information content (AvgIpc) is 2.36. The zero-order chi connectivity index (χ0) is 13.8. The second-order valence-corrected chi connectivity index (χ2v) is 4.50. The number of carboxylic acid groups (broad SMARTS) is 1. The molecule has 0 aliphatic carbocycles. The summed E-state index contributed by atoms with van der Waals surface area (Å²) in [7, 11) is 0. The van der Waals surface area contributed by atoms with Crippen molar-refractivity contribution in [3.8, 4) is 0 Å². The number of rotatable bonds is 4. The lowest BCUT2D eigenvalue weighted by atomic mass is 10.1. The third-order valence-electron chi connectivity index (χ3n) is 3.11. The first-order valence-electron chi connectivity index (χ1n) is 6.04. The molecule has 1 saturated heterocycles. The van der Waals surface area contributed by atoms with Crippen molar-refractivity contribution in [1.82, 2.24) is 10.2 Å². The molecule has 0 bridgehead atoms. The van der Waals surface area contributed by atoms with Crippen molar-refractivity contribution in [1.29, 1.82) is 0 Å². The Morgan fingerprint density at radius 2 is 2.11 bits per heavy atom. The number of carboxylic acids is 1. The molecule has 0 spiro atoms. The molecule has 1 fully saturated rings. The van der Waals surface area contributed by atoms with Crippen molar-refractivity contribution in [3.63, 3.8) is 0 Å². The van der Waals surface area contributed by atoms with Crippen LogP contribution in [0.15, 0.2) is 24.3 Å². The summed E-state index contributed by atoms with van der Waals surface area (Å²) in [5.74, 6) is -1.59. The molecule has 0 saturated carbocycles. The van der Waals surface area contributed by atoms with Gasteiger partial charge in [-0.05, 0) is 17.7 Å². The van der Waals surface area contributed by atoms with Crippen molar-refractivity contribution >= 4 is 11.9 Å². The van der Waals surface area contributed by atoms with E-state index >= 15 is 0 Å². The normalized spacial score (nSPS) is 20.1. The van der Waals surface area contributed by atoms with Crippen LogP contribution in [-0.2, 0) is 16.1 Å². The van der Waals surface area contributed by atoms with Crippen LogP contribution in [0, 0.1) is 5.82 Å². The molecule has 1 aromatic carbocycles. The molecule has 6 heteroatoms. The SMILES string of the molecule is O=C(O)C[C@@H]1C(=O)NCCN1Cc1ccc(F)cc1. The summed E-state index contributed by atoms with van der Waals surface area (Å²) in [5, 5.41) is 11.5. The van der Waals surface area contributed by atoms with Crippen molar-refractivity contribution in [2.24, 2.45) is 0 Å². The zero-order valence-electron chi connectivity index (χ0n) is 10.3. The third-order valence-corrected chi connectivity index (χ3v) is 3.11. The molecular formula is C13H15FN2O3. The Labute approximate surface area is 110 Å². The van der Waals surface area contributed by atoms with Gasteiger partial charge in [-0.1, -0.05) is 12.1 Å². The summed E-state index contributed by atoms with van der Waals surface area (Å²) in [5.41, 5.74) is 0.853. The maximum absolute atomic E-state index is 12.8. The van der Waals surface area contributed by atoms with Crippen LogP contribution in [0.2, 0.25) is 0 Å². The number of halogens is 1. The Morgan fingerprint density at radius 3 is 2.74 bits per heavy atom. The lowest BCUT2D eigenvalue weighted by molar-refractivity contribution is -0.143. The number of aliphatic carboxylic acids is 1. The van der Waals surface area contributed by atoms with Crippen LogP contribution in [0.25, 0.3) is 0 Å². The van der Waals surface area contributed by atoms with Gasteiger partial charge in [-0.2, -0.15) is 0 Å². The average molecular weight is 266 g/mol. The maximum Gasteiger partial charge on any atom is 0.305 e. The molecule has 2 N–H and O–H groups in total. The largest absolute Gasteiger partial charge is 0.481 e. The summed E-state index contributed by atoms with van der Waals surface area (Å²) in [6.07, 6.45) is -0.229. The van der Waals surface area contributed by atoms with E-state index in [1.807, 2.05) is 0 Å². The van der Waals surface area contributed by atoms with Crippen LogP contribution in [0.3, 0.4) is 0 Å². The fourth-order valence-corrected chi connectivity index (χ4v) is 2.16. The Kier molecular flexibility index (Phi) is 4.11. The number of nitrogens with zero attached hydrogens (tertiary/aromatic N) is 1. The highest BCUT2D eigenvalue weighted by Gasteiger charge is 2.31. The summed E-state index contributed by atoms with van der Waals surface area (Å²) in [6, 6.07) is 5.31. The highest BCUT2D eigenvalue weighted by molar-refractivity contribution is 5.86. The fraction of sp³-hybridized carbons (Fsp3) is 0.385. The van der Waals surface area contributed by atoms with Crippen LogP contribution >= 0.6 is 0 Å². The van der Waals surface area contributed by atoms with Gasteiger partial charge >= 0.3 is 5.97 Å². The number of carbonyl (C=O) groups is 2. The summed E-state index contributed by atoms with van der Waals surface area (Å²) < 4.78 is 12.8. The van der Waals surface area contributed by atoms with Crippen molar-refractivity contribution < 1.29 is 19.1 Å². The predicted octanol–water partition coefficient (Wildman–Crippen LogP) is 0.601. The van der Waals surface area contributed by atoms with E-state index < -0.39 is 12.0 Å². The van der Waals surface area contributed by atoms with Gasteiger partial charge in [0.15, 0.2) is 0 Å². The quantitative estimate of drug-likeness (QED) is 0.837. The maximum atomic E-state index is 12.8. The highest BCUT2D eigenvalue weighted by Crippen LogP contribution is 2.14. The topological polar surface area (TPSA) is 69.6 Å². The Hall–Kier alpha value is -1.95. The summed E-state index contributed by atoms with van der Waals surface area (Å²) >= 11 is 0. The van der Waals surface area contributed by atoms with Gasteiger partial charge in [-0.3, -0.25) is 14.5 Å². The molecule has 1 aliphatic rings. The molecule has 1 aromatic rings. The van der Waals surface area contributed by atoms with Gasteiger partial charge in [-0.25, -0.2) is 4.39 Å². The van der Waals surface area contributed by atoms with Crippen LogP contribution in [-0.4, -0.2) is 41.0 Å². The number of benzene rings is 1. The Balaban J connectivity index is 2.09. The Morgan fingerprint density at radius 1 is 1.42 bits per heavy atom. The minimum Gasteiger partial charge on any atom is -0.481 e. The molecule has 0 radical (unpaired) electrons. The van der Waals surface area contributed by atoms with Gasteiger partial charge < -0.3 is 10.4 Å². The lowest BCUT2D eigenvalue weighted by Crippen LogP contribution is -2.55. The molecule has 1 amide bonds. The minimum absolute atomic E-state index is 0.229. The molecule has 1 atom stereocenters. The molecule has 1 aliphatic heterocycles. The number of hydrogen-bond acceptors (Lipinski definition) is 3. The van der Waals surface area contributed by atoms with Crippen molar-refractivity contribution in [3.05, 3.63) is 35.6 Å². The van der Waals surface area contributed by atoms with E-state index in [0.717, 1.165) is 5.56 Å². The minimum atomic E-state index is -1.01. The van der Waals surface area contributed by atoms with Crippen LogP contribution in [0.1, 0.15) is 12.0 Å². The number of carbonyl (C=O) groups excluding carboxylic acids is 1. The molecule has 1 heterocycles. The van der Waals surface area contributed by atoms with Crippen LogP contribution < -0.4 is 5.32 Å². The predicted molar refractivity (Wildman–Crippen MR) is 65.9 cm³/mol. The van der Waals surface area contributed by atoms with Gasteiger partial charge in [0.2, 0.25) is 5.91 Å². The second kappa shape index (κ2) is 5.79. The number of piperazine rings is 1. The van der Waals surface area contributed by atoms with E-state index in [0.29, 0.717) is 19.6 Å². The van der Waals surface area contributed by atoms with E-state index in [9.17, 15) is 14.0 Å². The first kappa shape index (κ1) is 13.5. The van der Waals surface area contributed by atoms with E-state index in [2.05, 4.69) is 5.32 Å². The van der Waals surface area contributed by atoms with Gasteiger partial charge in [0, 0.05) is 19.6 Å². The van der Waals surface area contributed by atoms with Gasteiger partial charge in [0.25, 0.3) is 0 Å². The van der Waals surface area contributed by atoms with Gasteiger partial charge in [0.1, 0.15) is 11.9 Å². The summed E-state index contributed by atoms with van der Waals surface area (Å²) in [4.78, 5) is 24.3. The third kappa shape index (κ3) is 3.51.